The summed E-state index contributed by atoms with van der Waals surface area (Å²) in [5.74, 6) is -0.641. The van der Waals surface area contributed by atoms with E-state index in [9.17, 15) is 14.9 Å². The molecule has 0 radical (unpaired) electrons. The molecule has 0 saturated carbocycles. The lowest BCUT2D eigenvalue weighted by Gasteiger charge is -2.03. The van der Waals surface area contributed by atoms with Crippen LogP contribution in [0, 0.1) is 10.1 Å². The number of nitrogens with zero attached hydrogens (tertiary/aromatic N) is 4. The first kappa shape index (κ1) is 15.8. The lowest BCUT2D eigenvalue weighted by Crippen LogP contribution is -2.09. The SMILES string of the molecule is Cn1cc([N+](=O)[O-])cc1C(=O)OCc1csc(-c2ccccn2)n1. The number of rotatable bonds is 5. The number of hydrogen-bond acceptors (Lipinski definition) is 7. The summed E-state index contributed by atoms with van der Waals surface area (Å²) >= 11 is 1.40. The zero-order valence-electron chi connectivity index (χ0n) is 12.6. The Morgan fingerprint density at radius 2 is 2.29 bits per heavy atom. The van der Waals surface area contributed by atoms with E-state index in [0.717, 1.165) is 10.7 Å². The van der Waals surface area contributed by atoms with E-state index in [1.807, 2.05) is 18.2 Å². The number of pyridine rings is 1. The molecule has 0 N–H and O–H groups in total. The van der Waals surface area contributed by atoms with E-state index < -0.39 is 10.9 Å². The second-order valence-electron chi connectivity index (χ2n) is 4.89. The number of aromatic nitrogens is 3. The first-order valence-corrected chi connectivity index (χ1v) is 7.76. The van der Waals surface area contributed by atoms with Crippen LogP contribution in [-0.2, 0) is 18.4 Å². The quantitative estimate of drug-likeness (QED) is 0.401. The number of carbonyl (C=O) groups excluding carboxylic acids is 1. The van der Waals surface area contributed by atoms with Gasteiger partial charge in [-0.2, -0.15) is 0 Å². The van der Waals surface area contributed by atoms with Gasteiger partial charge in [-0.05, 0) is 12.1 Å². The first-order valence-electron chi connectivity index (χ1n) is 6.88. The fourth-order valence-electron chi connectivity index (χ4n) is 2.04. The average Bonchev–Trinajstić information content (AvgIpc) is 3.20. The van der Waals surface area contributed by atoms with Gasteiger partial charge in [-0.3, -0.25) is 15.1 Å². The van der Waals surface area contributed by atoms with Crippen LogP contribution in [0.3, 0.4) is 0 Å². The van der Waals surface area contributed by atoms with Gasteiger partial charge in [0.2, 0.25) is 0 Å². The van der Waals surface area contributed by atoms with Crippen LogP contribution in [0.2, 0.25) is 0 Å². The highest BCUT2D eigenvalue weighted by Gasteiger charge is 2.19. The molecule has 8 nitrogen and oxygen atoms in total. The Labute approximate surface area is 140 Å². The molecule has 0 unspecified atom stereocenters. The van der Waals surface area contributed by atoms with Crippen LogP contribution in [0.1, 0.15) is 16.2 Å². The molecule has 0 aliphatic rings. The molecule has 0 atom stereocenters. The number of esters is 1. The van der Waals surface area contributed by atoms with Crippen LogP contribution in [0.25, 0.3) is 10.7 Å². The fraction of sp³-hybridized carbons (Fsp3) is 0.133. The van der Waals surface area contributed by atoms with E-state index in [4.69, 9.17) is 4.74 Å². The van der Waals surface area contributed by atoms with Gasteiger partial charge in [0.25, 0.3) is 5.69 Å². The summed E-state index contributed by atoms with van der Waals surface area (Å²) in [4.78, 5) is 30.8. The zero-order valence-corrected chi connectivity index (χ0v) is 13.4. The van der Waals surface area contributed by atoms with Crippen LogP contribution < -0.4 is 0 Å². The van der Waals surface area contributed by atoms with Crippen molar-refractivity contribution in [2.24, 2.45) is 7.05 Å². The third-order valence-corrected chi connectivity index (χ3v) is 4.11. The Hall–Kier alpha value is -3.07. The lowest BCUT2D eigenvalue weighted by atomic mass is 10.4. The first-order chi connectivity index (χ1) is 11.5. The van der Waals surface area contributed by atoms with Gasteiger partial charge in [0.05, 0.1) is 22.5 Å². The molecule has 0 aromatic carbocycles. The van der Waals surface area contributed by atoms with Crippen molar-refractivity contribution in [3.8, 4) is 10.7 Å². The predicted octanol–water partition coefficient (Wildman–Crippen LogP) is 2.81. The van der Waals surface area contributed by atoms with Crippen molar-refractivity contribution in [3.05, 3.63) is 63.5 Å². The van der Waals surface area contributed by atoms with Crippen LogP contribution in [0.5, 0.6) is 0 Å². The Balaban J connectivity index is 1.67. The van der Waals surface area contributed by atoms with Gasteiger partial charge in [0, 0.05) is 24.7 Å². The number of nitro groups is 1. The van der Waals surface area contributed by atoms with Crippen LogP contribution in [0.15, 0.2) is 42.0 Å². The second kappa shape index (κ2) is 6.59. The van der Waals surface area contributed by atoms with Crippen molar-refractivity contribution in [1.29, 1.82) is 0 Å². The van der Waals surface area contributed by atoms with Gasteiger partial charge in [0.15, 0.2) is 0 Å². The van der Waals surface area contributed by atoms with Crippen LogP contribution in [-0.4, -0.2) is 25.4 Å². The van der Waals surface area contributed by atoms with E-state index in [1.54, 1.807) is 18.6 Å². The minimum absolute atomic E-state index is 0.0128. The van der Waals surface area contributed by atoms with Crippen molar-refractivity contribution < 1.29 is 14.5 Å². The van der Waals surface area contributed by atoms with Crippen LogP contribution >= 0.6 is 11.3 Å². The second-order valence-corrected chi connectivity index (χ2v) is 5.74. The number of carbonyl (C=O) groups is 1. The minimum Gasteiger partial charge on any atom is -0.454 e. The maximum Gasteiger partial charge on any atom is 0.355 e. The highest BCUT2D eigenvalue weighted by molar-refractivity contribution is 7.13. The molecule has 3 heterocycles. The highest BCUT2D eigenvalue weighted by Crippen LogP contribution is 2.22. The summed E-state index contributed by atoms with van der Waals surface area (Å²) in [6.45, 7) is -0.0128. The van der Waals surface area contributed by atoms with Gasteiger partial charge >= 0.3 is 5.97 Å². The molecule has 3 rings (SSSR count). The molecule has 0 fully saturated rings. The van der Waals surface area contributed by atoms with E-state index >= 15 is 0 Å². The molecule has 0 amide bonds. The average molecular weight is 344 g/mol. The standard InChI is InChI=1S/C15H12N4O4S/c1-18-7-11(19(21)22)6-13(18)15(20)23-8-10-9-24-14(17-10)12-4-2-3-5-16-12/h2-7,9H,8H2,1H3. The van der Waals surface area contributed by atoms with Crippen molar-refractivity contribution in [1.82, 2.24) is 14.5 Å². The maximum atomic E-state index is 12.0. The largest absolute Gasteiger partial charge is 0.454 e. The summed E-state index contributed by atoms with van der Waals surface area (Å²) in [5.41, 5.74) is 1.30. The molecule has 24 heavy (non-hydrogen) atoms. The molecule has 9 heteroatoms. The molecule has 122 valence electrons. The Morgan fingerprint density at radius 1 is 1.46 bits per heavy atom. The molecule has 0 saturated heterocycles. The molecule has 3 aromatic rings. The topological polar surface area (TPSA) is 100 Å². The summed E-state index contributed by atoms with van der Waals surface area (Å²) in [5, 5.41) is 13.2. The van der Waals surface area contributed by atoms with Crippen molar-refractivity contribution >= 4 is 23.0 Å². The van der Waals surface area contributed by atoms with Gasteiger partial charge < -0.3 is 9.30 Å². The van der Waals surface area contributed by atoms with Gasteiger partial charge in [-0.25, -0.2) is 9.78 Å². The highest BCUT2D eigenvalue weighted by atomic mass is 32.1. The number of ether oxygens (including phenoxy) is 1. The summed E-state index contributed by atoms with van der Waals surface area (Å²) in [6.07, 6.45) is 2.94. The Bertz CT molecular complexity index is 888. The Morgan fingerprint density at radius 3 is 2.96 bits per heavy atom. The van der Waals surface area contributed by atoms with Crippen molar-refractivity contribution in [2.75, 3.05) is 0 Å². The van der Waals surface area contributed by atoms with Gasteiger partial charge in [0.1, 0.15) is 17.3 Å². The molecular weight excluding hydrogens is 332 g/mol. The lowest BCUT2D eigenvalue weighted by molar-refractivity contribution is -0.384. The molecule has 0 aliphatic heterocycles. The molecule has 0 bridgehead atoms. The van der Waals surface area contributed by atoms with Crippen molar-refractivity contribution in [2.45, 2.75) is 6.61 Å². The predicted molar refractivity (Wildman–Crippen MR) is 86.5 cm³/mol. The normalized spacial score (nSPS) is 10.5. The monoisotopic (exact) mass is 344 g/mol. The summed E-state index contributed by atoms with van der Waals surface area (Å²) in [6, 6.07) is 6.71. The third-order valence-electron chi connectivity index (χ3n) is 3.20. The minimum atomic E-state index is -0.641. The molecule has 0 spiro atoms. The van der Waals surface area contributed by atoms with Crippen LogP contribution in [0.4, 0.5) is 5.69 Å². The molecule has 3 aromatic heterocycles. The van der Waals surface area contributed by atoms with E-state index in [0.29, 0.717) is 5.69 Å². The number of hydrogen-bond donors (Lipinski definition) is 0. The summed E-state index contributed by atoms with van der Waals surface area (Å²) in [7, 11) is 1.55. The number of aryl methyl sites for hydroxylation is 1. The molecular formula is C15H12N4O4S. The zero-order chi connectivity index (χ0) is 17.1. The van der Waals surface area contributed by atoms with Crippen molar-refractivity contribution in [3.63, 3.8) is 0 Å². The maximum absolute atomic E-state index is 12.0. The van der Waals surface area contributed by atoms with Gasteiger partial charge in [-0.1, -0.05) is 6.07 Å². The fourth-order valence-corrected chi connectivity index (χ4v) is 2.82. The third kappa shape index (κ3) is 3.30. The molecule has 0 aliphatic carbocycles. The van der Waals surface area contributed by atoms with Gasteiger partial charge in [-0.15, -0.1) is 11.3 Å². The summed E-state index contributed by atoms with van der Waals surface area (Å²) < 4.78 is 6.54. The Kier molecular flexibility index (Phi) is 4.34. The van der Waals surface area contributed by atoms with E-state index in [2.05, 4.69) is 9.97 Å². The number of thiazole rings is 1. The van der Waals surface area contributed by atoms with E-state index in [-0.39, 0.29) is 18.0 Å². The smallest absolute Gasteiger partial charge is 0.355 e. The van der Waals surface area contributed by atoms with E-state index in [1.165, 1.54) is 28.2 Å².